The maximum absolute atomic E-state index is 11.9. The Morgan fingerprint density at radius 3 is 2.74 bits per heavy atom. The van der Waals surface area contributed by atoms with E-state index in [1.807, 2.05) is 45.9 Å². The van der Waals surface area contributed by atoms with E-state index in [1.165, 1.54) is 0 Å². The first kappa shape index (κ1) is 15.5. The van der Waals surface area contributed by atoms with Gasteiger partial charge < -0.3 is 14.8 Å². The van der Waals surface area contributed by atoms with Crippen LogP contribution in [0.2, 0.25) is 0 Å². The fraction of sp³-hybridized carbons (Fsp3) is 0.533. The van der Waals surface area contributed by atoms with Gasteiger partial charge in [0.2, 0.25) is 5.91 Å². The zero-order chi connectivity index (χ0) is 14.3. The second-order valence-corrected chi connectivity index (χ2v) is 4.55. The average Bonchev–Trinajstić information content (AvgIpc) is 2.40. The summed E-state index contributed by atoms with van der Waals surface area (Å²) in [5.74, 6) is 0.638. The first-order chi connectivity index (χ1) is 9.08. The molecule has 1 aromatic rings. The minimum absolute atomic E-state index is 0.00705. The van der Waals surface area contributed by atoms with Gasteiger partial charge in [-0.1, -0.05) is 19.9 Å². The van der Waals surface area contributed by atoms with Crippen molar-refractivity contribution < 1.29 is 14.3 Å². The molecule has 0 aliphatic heterocycles. The van der Waals surface area contributed by atoms with Gasteiger partial charge in [-0.15, -0.1) is 0 Å². The molecule has 1 N–H and O–H groups in total. The van der Waals surface area contributed by atoms with Crippen molar-refractivity contribution in [3.05, 3.63) is 23.8 Å². The molecule has 1 amide bonds. The third kappa shape index (κ3) is 4.91. The van der Waals surface area contributed by atoms with Gasteiger partial charge in [-0.3, -0.25) is 4.79 Å². The van der Waals surface area contributed by atoms with E-state index in [0.717, 1.165) is 12.0 Å². The van der Waals surface area contributed by atoms with Crippen LogP contribution in [-0.4, -0.2) is 19.3 Å². The van der Waals surface area contributed by atoms with Crippen LogP contribution in [0.5, 0.6) is 5.75 Å². The van der Waals surface area contributed by atoms with Crippen LogP contribution in [0.25, 0.3) is 0 Å². The van der Waals surface area contributed by atoms with E-state index < -0.39 is 0 Å². The molecular weight excluding hydrogens is 242 g/mol. The number of hydrogen-bond acceptors (Lipinski definition) is 3. The number of rotatable bonds is 7. The van der Waals surface area contributed by atoms with E-state index in [4.69, 9.17) is 9.47 Å². The number of carbonyl (C=O) groups excluding carboxylic acids is 1. The number of ether oxygens (including phenoxy) is 2. The van der Waals surface area contributed by atoms with Crippen LogP contribution >= 0.6 is 0 Å². The second-order valence-electron chi connectivity index (χ2n) is 4.55. The summed E-state index contributed by atoms with van der Waals surface area (Å²) >= 11 is 0. The maximum Gasteiger partial charge on any atom is 0.227 e. The van der Waals surface area contributed by atoms with E-state index in [-0.39, 0.29) is 18.6 Å². The number of hydrogen-bond donors (Lipinski definition) is 1. The first-order valence-corrected chi connectivity index (χ1v) is 6.70. The van der Waals surface area contributed by atoms with Gasteiger partial charge in [-0.25, -0.2) is 0 Å². The molecule has 0 aromatic heterocycles. The highest BCUT2D eigenvalue weighted by atomic mass is 16.7. The average molecular weight is 265 g/mol. The SMILES string of the molecule is CCOCOc1cc(C)ccc1NC(=O)C(C)CC. The van der Waals surface area contributed by atoms with Crippen molar-refractivity contribution in [2.45, 2.75) is 34.1 Å². The quantitative estimate of drug-likeness (QED) is 0.607. The molecule has 1 aromatic carbocycles. The molecule has 106 valence electrons. The lowest BCUT2D eigenvalue weighted by atomic mass is 10.1. The Morgan fingerprint density at radius 2 is 2.11 bits per heavy atom. The van der Waals surface area contributed by atoms with Gasteiger partial charge in [0.1, 0.15) is 5.75 Å². The number of anilines is 1. The minimum atomic E-state index is -0.0129. The Balaban J connectivity index is 2.78. The van der Waals surface area contributed by atoms with E-state index >= 15 is 0 Å². The van der Waals surface area contributed by atoms with Crippen LogP contribution in [0.3, 0.4) is 0 Å². The molecule has 0 heterocycles. The topological polar surface area (TPSA) is 47.6 Å². The molecular formula is C15H23NO3. The van der Waals surface area contributed by atoms with Gasteiger partial charge in [-0.2, -0.15) is 0 Å². The van der Waals surface area contributed by atoms with Gasteiger partial charge in [0.05, 0.1) is 5.69 Å². The predicted octanol–water partition coefficient (Wildman–Crippen LogP) is 3.35. The molecule has 0 spiro atoms. The molecule has 1 atom stereocenters. The predicted molar refractivity (Wildman–Crippen MR) is 76.4 cm³/mol. The van der Waals surface area contributed by atoms with Crippen LogP contribution in [0.1, 0.15) is 32.8 Å². The van der Waals surface area contributed by atoms with Crippen molar-refractivity contribution in [3.63, 3.8) is 0 Å². The molecule has 0 saturated heterocycles. The number of amides is 1. The standard InChI is InChI=1S/C15H23NO3/c1-5-12(4)15(17)16-13-8-7-11(3)9-14(13)19-10-18-6-2/h7-9,12H,5-6,10H2,1-4H3,(H,16,17). The molecule has 0 aliphatic rings. The summed E-state index contributed by atoms with van der Waals surface area (Å²) < 4.78 is 10.7. The smallest absolute Gasteiger partial charge is 0.227 e. The molecule has 1 unspecified atom stereocenters. The van der Waals surface area contributed by atoms with Crippen LogP contribution in [-0.2, 0) is 9.53 Å². The van der Waals surface area contributed by atoms with Crippen molar-refractivity contribution in [2.24, 2.45) is 5.92 Å². The molecule has 0 aliphatic carbocycles. The zero-order valence-electron chi connectivity index (χ0n) is 12.2. The molecule has 4 heteroatoms. The highest BCUT2D eigenvalue weighted by Gasteiger charge is 2.13. The first-order valence-electron chi connectivity index (χ1n) is 6.70. The van der Waals surface area contributed by atoms with Crippen molar-refractivity contribution in [3.8, 4) is 5.75 Å². The fourth-order valence-corrected chi connectivity index (χ4v) is 1.48. The Bertz CT molecular complexity index is 418. The highest BCUT2D eigenvalue weighted by Crippen LogP contribution is 2.26. The van der Waals surface area contributed by atoms with Crippen LogP contribution in [0.4, 0.5) is 5.69 Å². The number of nitrogens with one attached hydrogen (secondary N) is 1. The number of benzene rings is 1. The highest BCUT2D eigenvalue weighted by molar-refractivity contribution is 5.93. The Morgan fingerprint density at radius 1 is 1.37 bits per heavy atom. The molecule has 1 rings (SSSR count). The molecule has 0 fully saturated rings. The monoisotopic (exact) mass is 265 g/mol. The lowest BCUT2D eigenvalue weighted by Gasteiger charge is -2.15. The summed E-state index contributed by atoms with van der Waals surface area (Å²) in [6.45, 7) is 8.57. The summed E-state index contributed by atoms with van der Waals surface area (Å²) in [5, 5.41) is 2.90. The lowest BCUT2D eigenvalue weighted by Crippen LogP contribution is -2.20. The molecule has 0 bridgehead atoms. The van der Waals surface area contributed by atoms with Crippen molar-refractivity contribution in [1.29, 1.82) is 0 Å². The van der Waals surface area contributed by atoms with Gasteiger partial charge >= 0.3 is 0 Å². The molecule has 19 heavy (non-hydrogen) atoms. The van der Waals surface area contributed by atoms with Gasteiger partial charge in [0.25, 0.3) is 0 Å². The van der Waals surface area contributed by atoms with E-state index in [0.29, 0.717) is 18.0 Å². The van der Waals surface area contributed by atoms with Crippen molar-refractivity contribution in [1.82, 2.24) is 0 Å². The largest absolute Gasteiger partial charge is 0.465 e. The van der Waals surface area contributed by atoms with E-state index in [2.05, 4.69) is 5.32 Å². The van der Waals surface area contributed by atoms with Crippen LogP contribution in [0, 0.1) is 12.8 Å². The van der Waals surface area contributed by atoms with Crippen LogP contribution < -0.4 is 10.1 Å². The summed E-state index contributed by atoms with van der Waals surface area (Å²) in [7, 11) is 0. The second kappa shape index (κ2) is 7.79. The summed E-state index contributed by atoms with van der Waals surface area (Å²) in [5.41, 5.74) is 1.77. The van der Waals surface area contributed by atoms with Gasteiger partial charge in [0, 0.05) is 12.5 Å². The lowest BCUT2D eigenvalue weighted by molar-refractivity contribution is -0.119. The summed E-state index contributed by atoms with van der Waals surface area (Å²) in [6, 6.07) is 5.70. The van der Waals surface area contributed by atoms with Crippen LogP contribution in [0.15, 0.2) is 18.2 Å². The van der Waals surface area contributed by atoms with Crippen molar-refractivity contribution >= 4 is 11.6 Å². The fourth-order valence-electron chi connectivity index (χ4n) is 1.48. The normalized spacial score (nSPS) is 12.0. The molecule has 0 saturated carbocycles. The molecule has 4 nitrogen and oxygen atoms in total. The minimum Gasteiger partial charge on any atom is -0.465 e. The summed E-state index contributed by atoms with van der Waals surface area (Å²) in [4.78, 5) is 11.9. The zero-order valence-corrected chi connectivity index (χ0v) is 12.2. The third-order valence-corrected chi connectivity index (χ3v) is 2.96. The Kier molecular flexibility index (Phi) is 6.36. The van der Waals surface area contributed by atoms with E-state index in [9.17, 15) is 4.79 Å². The van der Waals surface area contributed by atoms with Gasteiger partial charge in [-0.05, 0) is 38.0 Å². The maximum atomic E-state index is 11.9. The third-order valence-electron chi connectivity index (χ3n) is 2.96. The van der Waals surface area contributed by atoms with Crippen molar-refractivity contribution in [2.75, 3.05) is 18.7 Å². The van der Waals surface area contributed by atoms with Gasteiger partial charge in [0.15, 0.2) is 6.79 Å². The number of carbonyl (C=O) groups is 1. The Labute approximate surface area is 115 Å². The number of aryl methyl sites for hydroxylation is 1. The van der Waals surface area contributed by atoms with E-state index in [1.54, 1.807) is 0 Å². The summed E-state index contributed by atoms with van der Waals surface area (Å²) in [6.07, 6.45) is 0.812. The Hall–Kier alpha value is -1.55. The molecule has 0 radical (unpaired) electrons.